The fraction of sp³-hybridized carbons (Fsp3) is 0.364. The van der Waals surface area contributed by atoms with Crippen molar-refractivity contribution < 1.29 is 0 Å². The number of aromatic amines is 1. The van der Waals surface area contributed by atoms with Gasteiger partial charge in [0.25, 0.3) is 0 Å². The number of benzene rings is 1. The van der Waals surface area contributed by atoms with Gasteiger partial charge in [0.15, 0.2) is 0 Å². The Bertz CT molecular complexity index is 403. The van der Waals surface area contributed by atoms with E-state index in [0.29, 0.717) is 5.92 Å². The minimum absolute atomic E-state index is 0. The molecular weight excluding hydrogens is 210 g/mol. The first-order chi connectivity index (χ1) is 6.68. The van der Waals surface area contributed by atoms with Crippen LogP contribution in [-0.4, -0.2) is 9.97 Å². The molecule has 0 amide bonds. The highest BCUT2D eigenvalue weighted by atomic mass is 35.5. The lowest BCUT2D eigenvalue weighted by molar-refractivity contribution is 0.495. The number of nitrogens with two attached hydrogens (primary N) is 1. The smallest absolute Gasteiger partial charge is 0.124 e. The van der Waals surface area contributed by atoms with Crippen molar-refractivity contribution in [2.75, 3.05) is 0 Å². The average Bonchev–Trinajstić information content (AvgIpc) is 2.59. The number of hydrogen-bond acceptors (Lipinski definition) is 2. The lowest BCUT2D eigenvalue weighted by Crippen LogP contribution is -2.17. The number of fused-ring (bicyclic) bond motifs is 1. The van der Waals surface area contributed by atoms with Crippen molar-refractivity contribution in [2.24, 2.45) is 11.7 Å². The van der Waals surface area contributed by atoms with E-state index >= 15 is 0 Å². The number of nitrogens with one attached hydrogen (secondary N) is 1. The predicted molar refractivity (Wildman–Crippen MR) is 65.1 cm³/mol. The maximum Gasteiger partial charge on any atom is 0.124 e. The van der Waals surface area contributed by atoms with E-state index in [4.69, 9.17) is 5.73 Å². The van der Waals surface area contributed by atoms with Crippen LogP contribution in [0.4, 0.5) is 0 Å². The molecule has 0 radical (unpaired) electrons. The van der Waals surface area contributed by atoms with Gasteiger partial charge in [0.05, 0.1) is 17.1 Å². The van der Waals surface area contributed by atoms with Gasteiger partial charge in [-0.1, -0.05) is 26.0 Å². The molecule has 0 saturated heterocycles. The Kier molecular flexibility index (Phi) is 3.72. The van der Waals surface area contributed by atoms with Gasteiger partial charge in [-0.2, -0.15) is 0 Å². The van der Waals surface area contributed by atoms with Gasteiger partial charge in [-0.3, -0.25) is 0 Å². The molecule has 3 N–H and O–H groups in total. The highest BCUT2D eigenvalue weighted by Crippen LogP contribution is 2.19. The Labute approximate surface area is 95.5 Å². The minimum atomic E-state index is -0.0117. The first-order valence-corrected chi connectivity index (χ1v) is 4.88. The van der Waals surface area contributed by atoms with Crippen LogP contribution < -0.4 is 5.73 Å². The molecule has 15 heavy (non-hydrogen) atoms. The molecule has 1 heterocycles. The summed E-state index contributed by atoms with van der Waals surface area (Å²) in [4.78, 5) is 7.69. The molecule has 1 atom stereocenters. The molecule has 4 heteroatoms. The third-order valence-corrected chi connectivity index (χ3v) is 2.44. The van der Waals surface area contributed by atoms with Crippen LogP contribution in [0, 0.1) is 5.92 Å². The second-order valence-corrected chi connectivity index (χ2v) is 3.91. The van der Waals surface area contributed by atoms with Crippen molar-refractivity contribution in [1.29, 1.82) is 0 Å². The van der Waals surface area contributed by atoms with Crippen molar-refractivity contribution in [2.45, 2.75) is 19.9 Å². The molecule has 3 nitrogen and oxygen atoms in total. The SMILES string of the molecule is CC(C)[C@H](N)c1nc2ccccc2[nH]1.Cl. The standard InChI is InChI=1S/C11H15N3.ClH/c1-7(2)10(12)11-13-8-5-3-4-6-9(8)14-11;/h3-7,10H,12H2,1-2H3,(H,13,14);1H/t10-;/m0./s1. The van der Waals surface area contributed by atoms with Gasteiger partial charge in [-0.05, 0) is 18.1 Å². The highest BCUT2D eigenvalue weighted by molar-refractivity contribution is 5.85. The number of imidazole rings is 1. The minimum Gasteiger partial charge on any atom is -0.341 e. The zero-order chi connectivity index (χ0) is 10.1. The predicted octanol–water partition coefficient (Wildman–Crippen LogP) is 2.64. The monoisotopic (exact) mass is 225 g/mol. The van der Waals surface area contributed by atoms with Crippen molar-refractivity contribution in [3.8, 4) is 0 Å². The van der Waals surface area contributed by atoms with E-state index in [1.807, 2.05) is 24.3 Å². The summed E-state index contributed by atoms with van der Waals surface area (Å²) < 4.78 is 0. The maximum absolute atomic E-state index is 6.01. The summed E-state index contributed by atoms with van der Waals surface area (Å²) in [5.74, 6) is 1.27. The summed E-state index contributed by atoms with van der Waals surface area (Å²) >= 11 is 0. The Balaban J connectivity index is 0.00000112. The number of rotatable bonds is 2. The summed E-state index contributed by atoms with van der Waals surface area (Å²) in [6.45, 7) is 4.19. The first kappa shape index (κ1) is 12.0. The fourth-order valence-electron chi connectivity index (χ4n) is 1.45. The van der Waals surface area contributed by atoms with E-state index in [2.05, 4.69) is 23.8 Å². The average molecular weight is 226 g/mol. The number of H-pyrrole nitrogens is 1. The molecule has 0 spiro atoms. The largest absolute Gasteiger partial charge is 0.341 e. The molecule has 0 aliphatic rings. The molecule has 2 aromatic rings. The molecule has 0 fully saturated rings. The first-order valence-electron chi connectivity index (χ1n) is 4.88. The van der Waals surface area contributed by atoms with Crippen LogP contribution in [0.3, 0.4) is 0 Å². The molecule has 2 rings (SSSR count). The van der Waals surface area contributed by atoms with Crippen molar-refractivity contribution >= 4 is 23.4 Å². The summed E-state index contributed by atoms with van der Waals surface area (Å²) in [6.07, 6.45) is 0. The maximum atomic E-state index is 6.01. The van der Waals surface area contributed by atoms with Gasteiger partial charge in [-0.15, -0.1) is 12.4 Å². The second-order valence-electron chi connectivity index (χ2n) is 3.91. The Morgan fingerprint density at radius 2 is 1.93 bits per heavy atom. The van der Waals surface area contributed by atoms with Gasteiger partial charge in [0.2, 0.25) is 0 Å². The van der Waals surface area contributed by atoms with Crippen LogP contribution >= 0.6 is 12.4 Å². The van der Waals surface area contributed by atoms with Gasteiger partial charge in [0, 0.05) is 0 Å². The molecule has 0 aliphatic carbocycles. The van der Waals surface area contributed by atoms with Gasteiger partial charge < -0.3 is 10.7 Å². The Morgan fingerprint density at radius 1 is 1.27 bits per heavy atom. The number of nitrogens with zero attached hydrogens (tertiary/aromatic N) is 1. The fourth-order valence-corrected chi connectivity index (χ4v) is 1.45. The Morgan fingerprint density at radius 3 is 2.53 bits per heavy atom. The molecular formula is C11H16ClN3. The number of para-hydroxylation sites is 2. The molecule has 0 saturated carbocycles. The zero-order valence-corrected chi connectivity index (χ0v) is 9.71. The van der Waals surface area contributed by atoms with E-state index < -0.39 is 0 Å². The van der Waals surface area contributed by atoms with Gasteiger partial charge in [0.1, 0.15) is 5.82 Å². The summed E-state index contributed by atoms with van der Waals surface area (Å²) in [5.41, 5.74) is 8.05. The number of halogens is 1. The van der Waals surface area contributed by atoms with E-state index in [1.165, 1.54) is 0 Å². The van der Waals surface area contributed by atoms with E-state index in [9.17, 15) is 0 Å². The highest BCUT2D eigenvalue weighted by Gasteiger charge is 2.14. The summed E-state index contributed by atoms with van der Waals surface area (Å²) in [7, 11) is 0. The van der Waals surface area contributed by atoms with Crippen LogP contribution in [0.25, 0.3) is 11.0 Å². The Hall–Kier alpha value is -1.06. The zero-order valence-electron chi connectivity index (χ0n) is 8.90. The third kappa shape index (κ3) is 2.30. The second kappa shape index (κ2) is 4.64. The van der Waals surface area contributed by atoms with Crippen molar-refractivity contribution in [3.63, 3.8) is 0 Å². The van der Waals surface area contributed by atoms with Gasteiger partial charge >= 0.3 is 0 Å². The lowest BCUT2D eigenvalue weighted by atomic mass is 10.1. The van der Waals surface area contributed by atoms with E-state index in [-0.39, 0.29) is 18.4 Å². The van der Waals surface area contributed by atoms with Crippen LogP contribution in [0.15, 0.2) is 24.3 Å². The summed E-state index contributed by atoms with van der Waals surface area (Å²) in [6, 6.07) is 7.96. The number of aromatic nitrogens is 2. The molecule has 1 aromatic heterocycles. The lowest BCUT2D eigenvalue weighted by Gasteiger charge is -2.11. The normalized spacial score (nSPS) is 12.8. The van der Waals surface area contributed by atoms with Crippen molar-refractivity contribution in [1.82, 2.24) is 9.97 Å². The molecule has 0 unspecified atom stereocenters. The third-order valence-electron chi connectivity index (χ3n) is 2.44. The summed E-state index contributed by atoms with van der Waals surface area (Å²) in [5, 5.41) is 0. The molecule has 0 aliphatic heterocycles. The number of hydrogen-bond donors (Lipinski definition) is 2. The van der Waals surface area contributed by atoms with Crippen LogP contribution in [0.5, 0.6) is 0 Å². The van der Waals surface area contributed by atoms with Crippen LogP contribution in [0.2, 0.25) is 0 Å². The topological polar surface area (TPSA) is 54.7 Å². The quantitative estimate of drug-likeness (QED) is 0.826. The molecule has 82 valence electrons. The van der Waals surface area contributed by atoms with Crippen LogP contribution in [-0.2, 0) is 0 Å². The molecule has 1 aromatic carbocycles. The molecule has 0 bridgehead atoms. The van der Waals surface area contributed by atoms with E-state index in [1.54, 1.807) is 0 Å². The van der Waals surface area contributed by atoms with Gasteiger partial charge in [-0.25, -0.2) is 4.98 Å². The van der Waals surface area contributed by atoms with Crippen molar-refractivity contribution in [3.05, 3.63) is 30.1 Å². The van der Waals surface area contributed by atoms with Crippen LogP contribution in [0.1, 0.15) is 25.7 Å². The van der Waals surface area contributed by atoms with E-state index in [0.717, 1.165) is 16.9 Å².